The van der Waals surface area contributed by atoms with Crippen LogP contribution < -0.4 is 0 Å². The standard InChI is InChI=1S/C24H29Cl2F3O4/c1-20(2)32-17-9-12-13-8-15(27)14-7-11(30)5-6-21(14,3)23(13,26)16(25)10-22(12,4)24(17,33-20)18(31)19(28)29/h7,12-13,15-17,19H,5-6,8-10H2,1-4H3/t12-,13-,15-,16-,17+,21-,22-,23-,24-/m0/s1. The molecule has 0 aromatic rings. The van der Waals surface area contributed by atoms with Crippen LogP contribution in [0.5, 0.6) is 0 Å². The molecule has 1 heterocycles. The SMILES string of the molecule is CC1(C)O[C@@H]2C[C@H]3[C@@H]4C[C@H](F)C5=CC(=O)CC[C@]5(C)[C@@]4(Cl)[C@@H](Cl)C[C@]3(C)[C@]2(C(=O)C(F)F)O1. The van der Waals surface area contributed by atoms with Crippen molar-refractivity contribution < 1.29 is 32.2 Å². The zero-order valence-corrected chi connectivity index (χ0v) is 20.6. The number of allylic oxidation sites excluding steroid dienone is 1. The smallest absolute Gasteiger partial charge is 0.299 e. The van der Waals surface area contributed by atoms with Crippen LogP contribution in [0.4, 0.5) is 13.2 Å². The second kappa shape index (κ2) is 6.98. The molecule has 9 heteroatoms. The summed E-state index contributed by atoms with van der Waals surface area (Å²) in [5, 5.41) is -0.757. The van der Waals surface area contributed by atoms with Crippen molar-refractivity contribution in [2.75, 3.05) is 0 Å². The van der Waals surface area contributed by atoms with Crippen molar-refractivity contribution in [1.29, 1.82) is 0 Å². The van der Waals surface area contributed by atoms with Gasteiger partial charge in [0.2, 0.25) is 5.78 Å². The predicted molar refractivity (Wildman–Crippen MR) is 116 cm³/mol. The maximum Gasteiger partial charge on any atom is 0.299 e. The number of fused-ring (bicyclic) bond motifs is 7. The minimum absolute atomic E-state index is 0.0107. The molecule has 1 aliphatic heterocycles. The third-order valence-corrected chi connectivity index (χ3v) is 11.1. The fourth-order valence-corrected chi connectivity index (χ4v) is 9.43. The molecule has 3 saturated carbocycles. The van der Waals surface area contributed by atoms with Gasteiger partial charge in [-0.25, -0.2) is 13.2 Å². The lowest BCUT2D eigenvalue weighted by atomic mass is 9.45. The Morgan fingerprint density at radius 1 is 1.18 bits per heavy atom. The summed E-state index contributed by atoms with van der Waals surface area (Å²) in [7, 11) is 0. The number of alkyl halides is 5. The molecule has 0 spiro atoms. The van der Waals surface area contributed by atoms with Crippen LogP contribution in [-0.2, 0) is 19.1 Å². The van der Waals surface area contributed by atoms with Gasteiger partial charge in [0.1, 0.15) is 6.17 Å². The molecular weight excluding hydrogens is 480 g/mol. The predicted octanol–water partition coefficient (Wildman–Crippen LogP) is 5.38. The zero-order valence-electron chi connectivity index (χ0n) is 19.1. The highest BCUT2D eigenvalue weighted by molar-refractivity contribution is 6.33. The number of Topliss-reactive ketones (excluding diaryl/α,β-unsaturated/α-hetero) is 1. The van der Waals surface area contributed by atoms with Gasteiger partial charge in [-0.05, 0) is 63.0 Å². The van der Waals surface area contributed by atoms with E-state index < -0.39 is 68.8 Å². The summed E-state index contributed by atoms with van der Waals surface area (Å²) in [5.41, 5.74) is -3.48. The minimum Gasteiger partial charge on any atom is -0.344 e. The lowest BCUT2D eigenvalue weighted by Crippen LogP contribution is -2.70. The summed E-state index contributed by atoms with van der Waals surface area (Å²) in [6.45, 7) is 6.82. The van der Waals surface area contributed by atoms with Gasteiger partial charge < -0.3 is 9.47 Å². The van der Waals surface area contributed by atoms with Crippen molar-refractivity contribution in [3.05, 3.63) is 11.6 Å². The summed E-state index contributed by atoms with van der Waals surface area (Å²) >= 11 is 14.4. The first-order chi connectivity index (χ1) is 15.1. The fourth-order valence-electron chi connectivity index (χ4n) is 8.19. The molecule has 4 aliphatic carbocycles. The summed E-state index contributed by atoms with van der Waals surface area (Å²) in [4.78, 5) is 24.1. The lowest BCUT2D eigenvalue weighted by Gasteiger charge is -2.65. The van der Waals surface area contributed by atoms with Crippen molar-refractivity contribution in [2.24, 2.45) is 22.7 Å². The van der Waals surface area contributed by atoms with Crippen LogP contribution in [-0.4, -0.2) is 51.9 Å². The van der Waals surface area contributed by atoms with E-state index in [1.807, 2.05) is 6.92 Å². The number of rotatable bonds is 2. The molecule has 1 saturated heterocycles. The highest BCUT2D eigenvalue weighted by Crippen LogP contribution is 2.74. The normalized spacial score (nSPS) is 52.6. The average molecular weight is 509 g/mol. The van der Waals surface area contributed by atoms with Crippen LogP contribution in [0.1, 0.15) is 59.8 Å². The molecule has 5 rings (SSSR count). The molecule has 0 radical (unpaired) electrons. The molecule has 0 amide bonds. The molecule has 0 bridgehead atoms. The monoisotopic (exact) mass is 508 g/mol. The molecule has 0 aromatic heterocycles. The van der Waals surface area contributed by atoms with Gasteiger partial charge in [0.25, 0.3) is 6.43 Å². The average Bonchev–Trinajstić information content (AvgIpc) is 3.11. The molecule has 4 fully saturated rings. The first-order valence-electron chi connectivity index (χ1n) is 11.6. The van der Waals surface area contributed by atoms with E-state index in [4.69, 9.17) is 32.7 Å². The second-order valence-corrected chi connectivity index (χ2v) is 12.6. The Bertz CT molecular complexity index is 956. The first kappa shape index (κ1) is 24.1. The Morgan fingerprint density at radius 3 is 2.48 bits per heavy atom. The Labute approximate surface area is 201 Å². The number of halogens is 5. The molecule has 184 valence electrons. The molecule has 5 aliphatic rings. The number of hydrogen-bond donors (Lipinski definition) is 0. The van der Waals surface area contributed by atoms with Crippen molar-refractivity contribution in [1.82, 2.24) is 0 Å². The maximum atomic E-state index is 15.6. The number of hydrogen-bond acceptors (Lipinski definition) is 4. The van der Waals surface area contributed by atoms with E-state index in [9.17, 15) is 18.4 Å². The van der Waals surface area contributed by atoms with Crippen LogP contribution in [0.3, 0.4) is 0 Å². The van der Waals surface area contributed by atoms with Crippen molar-refractivity contribution in [3.63, 3.8) is 0 Å². The van der Waals surface area contributed by atoms with E-state index in [-0.39, 0.29) is 31.5 Å². The first-order valence-corrected chi connectivity index (χ1v) is 12.4. The fraction of sp³-hybridized carbons (Fsp3) is 0.833. The highest BCUT2D eigenvalue weighted by Gasteiger charge is 2.80. The van der Waals surface area contributed by atoms with Crippen LogP contribution in [0.2, 0.25) is 0 Å². The third-order valence-electron chi connectivity index (χ3n) is 9.54. The Kier molecular flexibility index (Phi) is 5.10. The molecule has 9 atom stereocenters. The van der Waals surface area contributed by atoms with Gasteiger partial charge >= 0.3 is 0 Å². The second-order valence-electron chi connectivity index (χ2n) is 11.4. The van der Waals surface area contributed by atoms with E-state index >= 15 is 4.39 Å². The number of carbonyl (C=O) groups excluding carboxylic acids is 2. The maximum absolute atomic E-state index is 15.6. The Balaban J connectivity index is 1.66. The molecule has 0 N–H and O–H groups in total. The highest BCUT2D eigenvalue weighted by atomic mass is 35.5. The number of ether oxygens (including phenoxy) is 2. The largest absolute Gasteiger partial charge is 0.344 e. The van der Waals surface area contributed by atoms with E-state index in [1.54, 1.807) is 20.8 Å². The Hall–Kier alpha value is -0.630. The van der Waals surface area contributed by atoms with Crippen LogP contribution >= 0.6 is 23.2 Å². The molecule has 33 heavy (non-hydrogen) atoms. The van der Waals surface area contributed by atoms with E-state index in [2.05, 4.69) is 0 Å². The van der Waals surface area contributed by atoms with E-state index in [0.717, 1.165) is 0 Å². The molecule has 0 unspecified atom stereocenters. The van der Waals surface area contributed by atoms with Gasteiger partial charge in [-0.3, -0.25) is 9.59 Å². The molecule has 0 aromatic carbocycles. The van der Waals surface area contributed by atoms with Gasteiger partial charge in [0, 0.05) is 17.3 Å². The van der Waals surface area contributed by atoms with Crippen molar-refractivity contribution in [2.45, 2.75) is 100 Å². The van der Waals surface area contributed by atoms with Gasteiger partial charge in [-0.2, -0.15) is 0 Å². The minimum atomic E-state index is -3.24. The van der Waals surface area contributed by atoms with Gasteiger partial charge in [-0.1, -0.05) is 13.8 Å². The van der Waals surface area contributed by atoms with Crippen LogP contribution in [0.25, 0.3) is 0 Å². The van der Waals surface area contributed by atoms with E-state index in [0.29, 0.717) is 12.0 Å². The zero-order chi connectivity index (χ0) is 24.4. The summed E-state index contributed by atoms with van der Waals surface area (Å²) in [6.07, 6.45) is -3.14. The third kappa shape index (κ3) is 2.74. The Morgan fingerprint density at radius 2 is 1.85 bits per heavy atom. The van der Waals surface area contributed by atoms with Crippen LogP contribution in [0, 0.1) is 22.7 Å². The summed E-state index contributed by atoms with van der Waals surface area (Å²) in [5.74, 6) is -3.58. The lowest BCUT2D eigenvalue weighted by molar-refractivity contribution is -0.217. The number of carbonyl (C=O) groups is 2. The van der Waals surface area contributed by atoms with E-state index in [1.165, 1.54) is 6.08 Å². The quantitative estimate of drug-likeness (QED) is 0.470. The van der Waals surface area contributed by atoms with Gasteiger partial charge in [0.15, 0.2) is 17.2 Å². The number of ketones is 2. The van der Waals surface area contributed by atoms with Crippen LogP contribution in [0.15, 0.2) is 11.6 Å². The summed E-state index contributed by atoms with van der Waals surface area (Å²) in [6, 6.07) is 0. The van der Waals surface area contributed by atoms with Gasteiger partial charge in [-0.15, -0.1) is 23.2 Å². The van der Waals surface area contributed by atoms with Crippen molar-refractivity contribution in [3.8, 4) is 0 Å². The summed E-state index contributed by atoms with van der Waals surface area (Å²) < 4.78 is 55.6. The van der Waals surface area contributed by atoms with Gasteiger partial charge in [0.05, 0.1) is 16.4 Å². The molecular formula is C24H29Cl2F3O4. The topological polar surface area (TPSA) is 52.6 Å². The molecule has 4 nitrogen and oxygen atoms in total. The van der Waals surface area contributed by atoms with Crippen molar-refractivity contribution >= 4 is 34.8 Å².